The van der Waals surface area contributed by atoms with Crippen molar-refractivity contribution in [3.8, 4) is 0 Å². The van der Waals surface area contributed by atoms with Crippen molar-refractivity contribution in [1.82, 2.24) is 5.32 Å². The smallest absolute Gasteiger partial charge is 0.404 e. The molecule has 0 aliphatic rings. The van der Waals surface area contributed by atoms with Crippen LogP contribution in [0.4, 0.5) is 10.5 Å². The lowest BCUT2D eigenvalue weighted by Gasteiger charge is -2.05. The number of hydrogen-bond donors (Lipinski definition) is 4. The quantitative estimate of drug-likeness (QED) is 0.599. The molecule has 7 nitrogen and oxygen atoms in total. The van der Waals surface area contributed by atoms with Crippen molar-refractivity contribution in [2.24, 2.45) is 5.14 Å². The molecule has 1 aromatic carbocycles. The van der Waals surface area contributed by atoms with Crippen LogP contribution in [-0.4, -0.2) is 19.6 Å². The number of nitrogens with one attached hydrogen (secondary N) is 2. The maximum absolute atomic E-state index is 10.7. The maximum Gasteiger partial charge on any atom is 0.404 e. The van der Waals surface area contributed by atoms with Gasteiger partial charge in [0, 0.05) is 12.2 Å². The number of anilines is 1. The Morgan fingerprint density at radius 1 is 1.31 bits per heavy atom. The first-order valence-electron chi connectivity index (χ1n) is 4.23. The van der Waals surface area contributed by atoms with Crippen molar-refractivity contribution in [1.29, 1.82) is 0 Å². The van der Waals surface area contributed by atoms with E-state index in [2.05, 4.69) is 10.0 Å². The summed E-state index contributed by atoms with van der Waals surface area (Å²) in [4.78, 5) is 10.2. The second-order valence-electron chi connectivity index (χ2n) is 3.00. The monoisotopic (exact) mass is 245 g/mol. The molecule has 0 atom stereocenters. The van der Waals surface area contributed by atoms with E-state index in [1.807, 2.05) is 0 Å². The highest BCUT2D eigenvalue weighted by molar-refractivity contribution is 7.90. The fourth-order valence-corrected chi connectivity index (χ4v) is 1.50. The van der Waals surface area contributed by atoms with Crippen LogP contribution in [0.2, 0.25) is 0 Å². The number of benzene rings is 1. The highest BCUT2D eigenvalue weighted by Crippen LogP contribution is 2.09. The Bertz CT molecular complexity index is 469. The van der Waals surface area contributed by atoms with Gasteiger partial charge in [-0.05, 0) is 17.7 Å². The van der Waals surface area contributed by atoms with Crippen LogP contribution in [0.15, 0.2) is 24.3 Å². The Morgan fingerprint density at radius 3 is 2.31 bits per heavy atom. The summed E-state index contributed by atoms with van der Waals surface area (Å²) >= 11 is 0. The molecular weight excluding hydrogens is 234 g/mol. The van der Waals surface area contributed by atoms with Gasteiger partial charge in [0.05, 0.1) is 0 Å². The van der Waals surface area contributed by atoms with E-state index < -0.39 is 16.3 Å². The largest absolute Gasteiger partial charge is 0.465 e. The second kappa shape index (κ2) is 4.81. The van der Waals surface area contributed by atoms with Gasteiger partial charge in [0.15, 0.2) is 0 Å². The van der Waals surface area contributed by atoms with Crippen molar-refractivity contribution in [2.75, 3.05) is 4.72 Å². The standard InChI is InChI=1S/C8H11N3O4S/c9-16(14,15)11-7-3-1-6(2-4-7)5-10-8(12)13/h1-4,10-11H,5H2,(H,12,13)(H2,9,14,15). The zero-order valence-corrected chi connectivity index (χ0v) is 8.99. The summed E-state index contributed by atoms with van der Waals surface area (Å²) in [6.45, 7) is 0.158. The highest BCUT2D eigenvalue weighted by Gasteiger charge is 2.02. The van der Waals surface area contributed by atoms with Crippen molar-refractivity contribution in [3.63, 3.8) is 0 Å². The first-order valence-corrected chi connectivity index (χ1v) is 5.78. The summed E-state index contributed by atoms with van der Waals surface area (Å²) in [5.41, 5.74) is 1.03. The lowest BCUT2D eigenvalue weighted by Crippen LogP contribution is -2.22. The third-order valence-electron chi connectivity index (χ3n) is 1.66. The van der Waals surface area contributed by atoms with E-state index in [9.17, 15) is 13.2 Å². The Kier molecular flexibility index (Phi) is 3.69. The van der Waals surface area contributed by atoms with E-state index in [4.69, 9.17) is 10.2 Å². The minimum absolute atomic E-state index is 0.158. The summed E-state index contributed by atoms with van der Waals surface area (Å²) in [5, 5.41) is 15.3. The first kappa shape index (κ1) is 12.3. The SMILES string of the molecule is NS(=O)(=O)Nc1ccc(CNC(=O)O)cc1. The zero-order valence-electron chi connectivity index (χ0n) is 8.17. The fraction of sp³-hybridized carbons (Fsp3) is 0.125. The number of carboxylic acid groups (broad SMARTS) is 1. The van der Waals surface area contributed by atoms with Gasteiger partial charge in [-0.2, -0.15) is 8.42 Å². The van der Waals surface area contributed by atoms with Gasteiger partial charge in [0.25, 0.3) is 10.2 Å². The van der Waals surface area contributed by atoms with Crippen LogP contribution in [0.1, 0.15) is 5.56 Å². The third-order valence-corrected chi connectivity index (χ3v) is 2.18. The van der Waals surface area contributed by atoms with Crippen molar-refractivity contribution >= 4 is 22.0 Å². The number of nitrogens with two attached hydrogens (primary N) is 1. The summed E-state index contributed by atoms with van der Waals surface area (Å²) < 4.78 is 23.4. The molecule has 5 N–H and O–H groups in total. The number of carbonyl (C=O) groups is 1. The van der Waals surface area contributed by atoms with Crippen molar-refractivity contribution in [2.45, 2.75) is 6.54 Å². The van der Waals surface area contributed by atoms with Crippen LogP contribution in [0, 0.1) is 0 Å². The predicted octanol–water partition coefficient (Wildman–Crippen LogP) is 0.0696. The van der Waals surface area contributed by atoms with Crippen LogP contribution >= 0.6 is 0 Å². The normalized spacial score (nSPS) is 10.8. The molecule has 1 rings (SSSR count). The molecule has 16 heavy (non-hydrogen) atoms. The van der Waals surface area contributed by atoms with E-state index in [0.717, 1.165) is 0 Å². The average Bonchev–Trinajstić information content (AvgIpc) is 2.14. The van der Waals surface area contributed by atoms with Crippen LogP contribution < -0.4 is 15.2 Å². The summed E-state index contributed by atoms with van der Waals surface area (Å²) in [6.07, 6.45) is -1.12. The molecular formula is C8H11N3O4S. The molecule has 0 saturated heterocycles. The summed E-state index contributed by atoms with van der Waals surface area (Å²) in [5.74, 6) is 0. The fourth-order valence-electron chi connectivity index (χ4n) is 1.03. The maximum atomic E-state index is 10.7. The molecule has 0 heterocycles. The van der Waals surface area contributed by atoms with Gasteiger partial charge in [-0.25, -0.2) is 9.93 Å². The van der Waals surface area contributed by atoms with Crippen molar-refractivity contribution < 1.29 is 18.3 Å². The van der Waals surface area contributed by atoms with Gasteiger partial charge >= 0.3 is 6.09 Å². The molecule has 0 bridgehead atoms. The third kappa shape index (κ3) is 4.62. The number of rotatable bonds is 4. The van der Waals surface area contributed by atoms with Gasteiger partial charge < -0.3 is 10.4 Å². The minimum Gasteiger partial charge on any atom is -0.465 e. The molecule has 88 valence electrons. The summed E-state index contributed by atoms with van der Waals surface area (Å²) in [7, 11) is -3.78. The van der Waals surface area contributed by atoms with Gasteiger partial charge in [-0.15, -0.1) is 0 Å². The second-order valence-corrected chi connectivity index (χ2v) is 4.30. The molecule has 0 radical (unpaired) electrons. The molecule has 0 aliphatic carbocycles. The van der Waals surface area contributed by atoms with Gasteiger partial charge in [0.1, 0.15) is 0 Å². The van der Waals surface area contributed by atoms with Crippen LogP contribution in [0.25, 0.3) is 0 Å². The zero-order chi connectivity index (χ0) is 12.2. The van der Waals surface area contributed by atoms with E-state index >= 15 is 0 Å². The Hall–Kier alpha value is -1.80. The van der Waals surface area contributed by atoms with Crippen LogP contribution in [0.5, 0.6) is 0 Å². The number of amides is 1. The first-order chi connectivity index (χ1) is 7.37. The highest BCUT2D eigenvalue weighted by atomic mass is 32.2. The summed E-state index contributed by atoms with van der Waals surface area (Å²) in [6, 6.07) is 6.15. The van der Waals surface area contributed by atoms with Gasteiger partial charge in [-0.3, -0.25) is 4.72 Å². The van der Waals surface area contributed by atoms with Gasteiger partial charge in [-0.1, -0.05) is 12.1 Å². The topological polar surface area (TPSA) is 122 Å². The Morgan fingerprint density at radius 2 is 1.88 bits per heavy atom. The van der Waals surface area contributed by atoms with E-state index in [1.165, 1.54) is 12.1 Å². The molecule has 0 spiro atoms. The van der Waals surface area contributed by atoms with Crippen molar-refractivity contribution in [3.05, 3.63) is 29.8 Å². The molecule has 0 fully saturated rings. The van der Waals surface area contributed by atoms with Crippen LogP contribution in [-0.2, 0) is 16.8 Å². The van der Waals surface area contributed by atoms with E-state index in [0.29, 0.717) is 11.3 Å². The van der Waals surface area contributed by atoms with E-state index in [1.54, 1.807) is 12.1 Å². The van der Waals surface area contributed by atoms with Gasteiger partial charge in [0.2, 0.25) is 0 Å². The molecule has 0 unspecified atom stereocenters. The molecule has 0 aliphatic heterocycles. The van der Waals surface area contributed by atoms with E-state index in [-0.39, 0.29) is 6.54 Å². The number of hydrogen-bond acceptors (Lipinski definition) is 3. The molecule has 0 saturated carbocycles. The van der Waals surface area contributed by atoms with Crippen LogP contribution in [0.3, 0.4) is 0 Å². The molecule has 0 aromatic heterocycles. The minimum atomic E-state index is -3.78. The Labute approximate surface area is 92.5 Å². The lowest BCUT2D eigenvalue weighted by molar-refractivity contribution is 0.194. The molecule has 8 heteroatoms. The predicted molar refractivity (Wildman–Crippen MR) is 58.0 cm³/mol. The Balaban J connectivity index is 2.64. The average molecular weight is 245 g/mol. The molecule has 1 amide bonds. The lowest BCUT2D eigenvalue weighted by atomic mass is 10.2. The molecule has 1 aromatic rings.